The number of hydrogen-bond acceptors (Lipinski definition) is 3. The fraction of sp³-hybridized carbons (Fsp3) is 0.417. The minimum absolute atomic E-state index is 0.210. The lowest BCUT2D eigenvalue weighted by atomic mass is 10.1. The summed E-state index contributed by atoms with van der Waals surface area (Å²) in [5.41, 5.74) is 1.71. The zero-order valence-electron chi connectivity index (χ0n) is 9.83. The third-order valence-electron chi connectivity index (χ3n) is 2.57. The number of amides is 1. The lowest BCUT2D eigenvalue weighted by Crippen LogP contribution is -2.29. The van der Waals surface area contributed by atoms with Crippen LogP contribution in [-0.4, -0.2) is 18.1 Å². The Bertz CT molecular complexity index is 463. The Labute approximate surface area is 115 Å². The van der Waals surface area contributed by atoms with Gasteiger partial charge in [-0.1, -0.05) is 11.6 Å². The van der Waals surface area contributed by atoms with Crippen molar-refractivity contribution in [2.75, 3.05) is 6.79 Å². The fourth-order valence-corrected chi connectivity index (χ4v) is 2.05. The molecule has 1 heterocycles. The van der Waals surface area contributed by atoms with Crippen LogP contribution in [0, 0.1) is 0 Å². The van der Waals surface area contributed by atoms with Crippen LogP contribution < -0.4 is 10.1 Å². The molecule has 0 fully saturated rings. The second-order valence-electron chi connectivity index (χ2n) is 4.00. The van der Waals surface area contributed by atoms with Gasteiger partial charge in [0.25, 0.3) is 0 Å². The molecule has 6 heteroatoms. The van der Waals surface area contributed by atoms with Crippen LogP contribution in [0.1, 0.15) is 18.1 Å². The standard InChI is InChI=1S/C12H13Cl2NO3/c1-7(13)12(16)15-4-8-2-10(14)3-9-5-17-6-18-11(8)9/h2-3,7H,4-6H2,1H3,(H,15,16). The van der Waals surface area contributed by atoms with Crippen LogP contribution in [0.25, 0.3) is 0 Å². The molecule has 1 atom stereocenters. The maximum atomic E-state index is 11.4. The smallest absolute Gasteiger partial charge is 0.238 e. The third-order valence-corrected chi connectivity index (χ3v) is 2.98. The second-order valence-corrected chi connectivity index (χ2v) is 5.09. The number of halogens is 2. The maximum Gasteiger partial charge on any atom is 0.238 e. The minimum Gasteiger partial charge on any atom is -0.467 e. The predicted octanol–water partition coefficient (Wildman–Crippen LogP) is 2.45. The van der Waals surface area contributed by atoms with E-state index < -0.39 is 5.38 Å². The molecule has 1 aromatic carbocycles. The van der Waals surface area contributed by atoms with E-state index in [2.05, 4.69) is 5.32 Å². The van der Waals surface area contributed by atoms with Crippen LogP contribution in [-0.2, 0) is 22.7 Å². The van der Waals surface area contributed by atoms with E-state index in [0.29, 0.717) is 18.2 Å². The van der Waals surface area contributed by atoms with Crippen LogP contribution in [0.2, 0.25) is 5.02 Å². The first-order valence-corrected chi connectivity index (χ1v) is 6.33. The molecular weight excluding hydrogens is 277 g/mol. The highest BCUT2D eigenvalue weighted by Gasteiger charge is 2.17. The summed E-state index contributed by atoms with van der Waals surface area (Å²) in [5, 5.41) is 2.75. The number of carbonyl (C=O) groups excluding carboxylic acids is 1. The number of fused-ring (bicyclic) bond motifs is 1. The Kier molecular flexibility index (Phi) is 4.32. The van der Waals surface area contributed by atoms with Crippen molar-refractivity contribution in [1.82, 2.24) is 5.32 Å². The van der Waals surface area contributed by atoms with Gasteiger partial charge in [0.05, 0.1) is 6.61 Å². The normalized spacial score (nSPS) is 15.5. The van der Waals surface area contributed by atoms with Crippen molar-refractivity contribution in [3.63, 3.8) is 0 Å². The van der Waals surface area contributed by atoms with Crippen LogP contribution in [0.5, 0.6) is 5.75 Å². The summed E-state index contributed by atoms with van der Waals surface area (Å²) in [4.78, 5) is 11.4. The third kappa shape index (κ3) is 3.07. The molecule has 1 N–H and O–H groups in total. The van der Waals surface area contributed by atoms with E-state index in [1.807, 2.05) is 0 Å². The van der Waals surface area contributed by atoms with E-state index in [1.54, 1.807) is 19.1 Å². The second kappa shape index (κ2) is 5.78. The number of carbonyl (C=O) groups is 1. The molecular formula is C12H13Cl2NO3. The van der Waals surface area contributed by atoms with Crippen molar-refractivity contribution in [3.05, 3.63) is 28.3 Å². The van der Waals surface area contributed by atoms with Gasteiger partial charge in [0, 0.05) is 22.7 Å². The Balaban J connectivity index is 2.17. The van der Waals surface area contributed by atoms with Gasteiger partial charge in [0.2, 0.25) is 5.91 Å². The molecule has 98 valence electrons. The molecule has 0 saturated heterocycles. The first kappa shape index (κ1) is 13.5. The zero-order chi connectivity index (χ0) is 13.1. The summed E-state index contributed by atoms with van der Waals surface area (Å²) in [6, 6.07) is 3.57. The van der Waals surface area contributed by atoms with E-state index in [9.17, 15) is 4.79 Å². The number of alkyl halides is 1. The lowest BCUT2D eigenvalue weighted by Gasteiger charge is -2.21. The zero-order valence-corrected chi connectivity index (χ0v) is 11.3. The summed E-state index contributed by atoms with van der Waals surface area (Å²) in [6.07, 6.45) is 0. The van der Waals surface area contributed by atoms with Crippen LogP contribution in [0.3, 0.4) is 0 Å². The first-order valence-electron chi connectivity index (χ1n) is 5.51. The van der Waals surface area contributed by atoms with Gasteiger partial charge in [-0.15, -0.1) is 11.6 Å². The average Bonchev–Trinajstić information content (AvgIpc) is 2.35. The monoisotopic (exact) mass is 289 g/mol. The molecule has 4 nitrogen and oxygen atoms in total. The number of ether oxygens (including phenoxy) is 2. The largest absolute Gasteiger partial charge is 0.467 e. The Morgan fingerprint density at radius 3 is 3.06 bits per heavy atom. The van der Waals surface area contributed by atoms with E-state index in [0.717, 1.165) is 16.9 Å². The molecule has 1 aromatic rings. The van der Waals surface area contributed by atoms with Crippen molar-refractivity contribution in [3.8, 4) is 5.75 Å². The Hall–Kier alpha value is -0.970. The Morgan fingerprint density at radius 1 is 1.56 bits per heavy atom. The van der Waals surface area contributed by atoms with Crippen LogP contribution >= 0.6 is 23.2 Å². The highest BCUT2D eigenvalue weighted by molar-refractivity contribution is 6.31. The van der Waals surface area contributed by atoms with Gasteiger partial charge in [-0.2, -0.15) is 0 Å². The van der Waals surface area contributed by atoms with E-state index >= 15 is 0 Å². The van der Waals surface area contributed by atoms with Gasteiger partial charge in [-0.3, -0.25) is 4.79 Å². The molecule has 18 heavy (non-hydrogen) atoms. The quantitative estimate of drug-likeness (QED) is 0.870. The highest BCUT2D eigenvalue weighted by Crippen LogP contribution is 2.31. The summed E-state index contributed by atoms with van der Waals surface area (Å²) in [6.45, 7) is 2.62. The van der Waals surface area contributed by atoms with E-state index in [1.165, 1.54) is 0 Å². The minimum atomic E-state index is -0.565. The van der Waals surface area contributed by atoms with Gasteiger partial charge in [-0.25, -0.2) is 0 Å². The number of nitrogens with one attached hydrogen (secondary N) is 1. The maximum absolute atomic E-state index is 11.4. The topological polar surface area (TPSA) is 47.6 Å². The molecule has 0 aromatic heterocycles. The van der Waals surface area contributed by atoms with Gasteiger partial charge in [0.15, 0.2) is 6.79 Å². The lowest BCUT2D eigenvalue weighted by molar-refractivity contribution is -0.120. The number of rotatable bonds is 3. The predicted molar refractivity (Wildman–Crippen MR) is 68.9 cm³/mol. The summed E-state index contributed by atoms with van der Waals surface area (Å²) < 4.78 is 10.6. The number of benzene rings is 1. The molecule has 0 aliphatic carbocycles. The van der Waals surface area contributed by atoms with Gasteiger partial charge < -0.3 is 14.8 Å². The van der Waals surface area contributed by atoms with Crippen LogP contribution in [0.15, 0.2) is 12.1 Å². The first-order chi connectivity index (χ1) is 8.58. The van der Waals surface area contributed by atoms with Gasteiger partial charge in [-0.05, 0) is 19.1 Å². The van der Waals surface area contributed by atoms with Crippen molar-refractivity contribution < 1.29 is 14.3 Å². The molecule has 1 amide bonds. The Morgan fingerprint density at radius 2 is 2.33 bits per heavy atom. The highest BCUT2D eigenvalue weighted by atomic mass is 35.5. The van der Waals surface area contributed by atoms with Crippen molar-refractivity contribution in [1.29, 1.82) is 0 Å². The molecule has 0 bridgehead atoms. The molecule has 0 spiro atoms. The summed E-state index contributed by atoms with van der Waals surface area (Å²) >= 11 is 11.7. The molecule has 0 radical (unpaired) electrons. The summed E-state index contributed by atoms with van der Waals surface area (Å²) in [5.74, 6) is 0.505. The van der Waals surface area contributed by atoms with Gasteiger partial charge in [0.1, 0.15) is 11.1 Å². The van der Waals surface area contributed by atoms with E-state index in [-0.39, 0.29) is 12.7 Å². The molecule has 1 aliphatic heterocycles. The number of hydrogen-bond donors (Lipinski definition) is 1. The fourth-order valence-electron chi connectivity index (χ4n) is 1.71. The average molecular weight is 290 g/mol. The van der Waals surface area contributed by atoms with Gasteiger partial charge >= 0.3 is 0 Å². The van der Waals surface area contributed by atoms with Crippen molar-refractivity contribution >= 4 is 29.1 Å². The summed E-state index contributed by atoms with van der Waals surface area (Å²) in [7, 11) is 0. The molecule has 1 aliphatic rings. The SMILES string of the molecule is CC(Cl)C(=O)NCc1cc(Cl)cc2c1OCOC2. The molecule has 0 saturated carbocycles. The molecule has 2 rings (SSSR count). The van der Waals surface area contributed by atoms with Crippen molar-refractivity contribution in [2.45, 2.75) is 25.5 Å². The van der Waals surface area contributed by atoms with Crippen LogP contribution in [0.4, 0.5) is 0 Å². The van der Waals surface area contributed by atoms with E-state index in [4.69, 9.17) is 32.7 Å². The molecule has 1 unspecified atom stereocenters. The van der Waals surface area contributed by atoms with Crippen molar-refractivity contribution in [2.24, 2.45) is 0 Å².